The fourth-order valence-corrected chi connectivity index (χ4v) is 4.03. The Morgan fingerprint density at radius 2 is 1.68 bits per heavy atom. The molecule has 0 bridgehead atoms. The Morgan fingerprint density at radius 1 is 0.882 bits per heavy atom. The molecular formula is C28H30N4O2. The second-order valence-electron chi connectivity index (χ2n) is 8.45. The molecule has 6 heteroatoms. The molecule has 0 amide bonds. The van der Waals surface area contributed by atoms with E-state index in [-0.39, 0.29) is 5.56 Å². The first-order valence-corrected chi connectivity index (χ1v) is 11.9. The van der Waals surface area contributed by atoms with Gasteiger partial charge in [-0.1, -0.05) is 74.4 Å². The fourth-order valence-electron chi connectivity index (χ4n) is 4.03. The van der Waals surface area contributed by atoms with E-state index in [4.69, 9.17) is 10.1 Å². The average Bonchev–Trinajstić information content (AvgIpc) is 3.25. The molecule has 1 N–H and O–H groups in total. The molecule has 0 atom stereocenters. The summed E-state index contributed by atoms with van der Waals surface area (Å²) >= 11 is 0. The van der Waals surface area contributed by atoms with E-state index in [9.17, 15) is 9.90 Å². The molecule has 0 aliphatic carbocycles. The quantitative estimate of drug-likeness (QED) is 0.298. The molecule has 2 aromatic heterocycles. The number of nitrogens with zero attached hydrogens (tertiary/aromatic N) is 4. The molecule has 2 heterocycles. The summed E-state index contributed by atoms with van der Waals surface area (Å²) in [5.41, 5.74) is 3.84. The van der Waals surface area contributed by atoms with E-state index < -0.39 is 5.97 Å². The zero-order valence-corrected chi connectivity index (χ0v) is 19.5. The highest BCUT2D eigenvalue weighted by atomic mass is 16.4. The third kappa shape index (κ3) is 5.95. The maximum atomic E-state index is 11.5. The molecule has 0 aliphatic heterocycles. The van der Waals surface area contributed by atoms with Crippen LogP contribution < -0.4 is 0 Å². The van der Waals surface area contributed by atoms with Crippen molar-refractivity contribution >= 4 is 5.97 Å². The van der Waals surface area contributed by atoms with Crippen molar-refractivity contribution in [3.05, 3.63) is 101 Å². The van der Waals surface area contributed by atoms with Crippen LogP contribution >= 0.6 is 0 Å². The van der Waals surface area contributed by atoms with E-state index in [2.05, 4.69) is 36.2 Å². The third-order valence-electron chi connectivity index (χ3n) is 5.87. The summed E-state index contributed by atoms with van der Waals surface area (Å²) in [6.45, 7) is 2.84. The van der Waals surface area contributed by atoms with E-state index in [0.29, 0.717) is 12.2 Å². The number of rotatable bonds is 11. The van der Waals surface area contributed by atoms with Crippen molar-refractivity contribution in [2.45, 2.75) is 52.0 Å². The minimum absolute atomic E-state index is 0.202. The predicted molar refractivity (Wildman–Crippen MR) is 133 cm³/mol. The summed E-state index contributed by atoms with van der Waals surface area (Å²) in [5, 5.41) is 14.3. The molecule has 0 saturated carbocycles. The van der Waals surface area contributed by atoms with E-state index in [1.54, 1.807) is 18.3 Å². The number of hydrogen-bond donors (Lipinski definition) is 1. The maximum absolute atomic E-state index is 11.5. The van der Waals surface area contributed by atoms with Gasteiger partial charge in [-0.05, 0) is 36.1 Å². The van der Waals surface area contributed by atoms with Crippen LogP contribution in [-0.4, -0.2) is 30.8 Å². The standard InChI is InChI=1S/C28H30N4O2/c1-2-3-5-12-26-30-25(18-15-21-9-6-4-7-10-21)31-32(26)20-22-13-16-23(17-14-22)27-24(28(33)34)11-8-19-29-27/h4,6-11,13-14,16-17,19H,2-3,5,12,15,18,20H2,1H3,(H,33,34). The Labute approximate surface area is 200 Å². The van der Waals surface area contributed by atoms with Gasteiger partial charge in [0.2, 0.25) is 0 Å². The number of aromatic nitrogens is 4. The van der Waals surface area contributed by atoms with E-state index in [1.165, 1.54) is 18.4 Å². The molecule has 0 spiro atoms. The van der Waals surface area contributed by atoms with Crippen LogP contribution in [0.25, 0.3) is 11.3 Å². The zero-order chi connectivity index (χ0) is 23.8. The van der Waals surface area contributed by atoms with Gasteiger partial charge in [-0.3, -0.25) is 4.98 Å². The number of carbonyl (C=O) groups is 1. The monoisotopic (exact) mass is 454 g/mol. The third-order valence-corrected chi connectivity index (χ3v) is 5.87. The Balaban J connectivity index is 1.51. The highest BCUT2D eigenvalue weighted by molar-refractivity contribution is 5.94. The normalized spacial score (nSPS) is 11.0. The van der Waals surface area contributed by atoms with Crippen molar-refractivity contribution in [3.63, 3.8) is 0 Å². The van der Waals surface area contributed by atoms with Crippen LogP contribution in [0.1, 0.15) is 59.3 Å². The van der Waals surface area contributed by atoms with Crippen molar-refractivity contribution in [2.75, 3.05) is 0 Å². The van der Waals surface area contributed by atoms with Crippen LogP contribution in [0.4, 0.5) is 0 Å². The molecule has 4 aromatic rings. The minimum Gasteiger partial charge on any atom is -0.478 e. The lowest BCUT2D eigenvalue weighted by Gasteiger charge is -2.08. The molecule has 0 unspecified atom stereocenters. The summed E-state index contributed by atoms with van der Waals surface area (Å²) in [4.78, 5) is 20.7. The van der Waals surface area contributed by atoms with Gasteiger partial charge in [-0.15, -0.1) is 0 Å². The summed E-state index contributed by atoms with van der Waals surface area (Å²) in [5.74, 6) is 0.930. The lowest BCUT2D eigenvalue weighted by Crippen LogP contribution is -2.07. The number of unbranched alkanes of at least 4 members (excludes halogenated alkanes) is 2. The summed E-state index contributed by atoms with van der Waals surface area (Å²) in [6.07, 6.45) is 7.71. The van der Waals surface area contributed by atoms with E-state index in [1.807, 2.05) is 35.0 Å². The molecule has 0 saturated heterocycles. The lowest BCUT2D eigenvalue weighted by molar-refractivity contribution is 0.0697. The molecule has 0 radical (unpaired) electrons. The topological polar surface area (TPSA) is 80.9 Å². The number of aryl methyl sites for hydroxylation is 3. The Morgan fingerprint density at radius 3 is 2.41 bits per heavy atom. The largest absolute Gasteiger partial charge is 0.478 e. The molecule has 6 nitrogen and oxygen atoms in total. The van der Waals surface area contributed by atoms with Gasteiger partial charge in [0.1, 0.15) is 5.82 Å². The minimum atomic E-state index is -0.977. The number of carboxylic acid groups (broad SMARTS) is 1. The van der Waals surface area contributed by atoms with Gasteiger partial charge in [-0.25, -0.2) is 14.5 Å². The SMILES string of the molecule is CCCCCc1nc(CCc2ccccc2)nn1Cc1ccc(-c2ncccc2C(=O)O)cc1. The average molecular weight is 455 g/mol. The number of benzene rings is 2. The van der Waals surface area contributed by atoms with Crippen LogP contribution in [-0.2, 0) is 25.8 Å². The zero-order valence-electron chi connectivity index (χ0n) is 19.5. The number of pyridine rings is 1. The van der Waals surface area contributed by atoms with Crippen LogP contribution in [0.15, 0.2) is 72.9 Å². The van der Waals surface area contributed by atoms with Crippen molar-refractivity contribution in [3.8, 4) is 11.3 Å². The molecule has 2 aromatic carbocycles. The predicted octanol–water partition coefficient (Wildman–Crippen LogP) is 5.60. The second kappa shape index (κ2) is 11.4. The van der Waals surface area contributed by atoms with Crippen molar-refractivity contribution in [1.29, 1.82) is 0 Å². The van der Waals surface area contributed by atoms with Crippen LogP contribution in [0.2, 0.25) is 0 Å². The van der Waals surface area contributed by atoms with Crippen molar-refractivity contribution in [1.82, 2.24) is 19.7 Å². The van der Waals surface area contributed by atoms with Crippen molar-refractivity contribution in [2.24, 2.45) is 0 Å². The van der Waals surface area contributed by atoms with E-state index >= 15 is 0 Å². The first-order valence-electron chi connectivity index (χ1n) is 11.9. The Bertz CT molecular complexity index is 1220. The van der Waals surface area contributed by atoms with Gasteiger partial charge in [-0.2, -0.15) is 5.10 Å². The van der Waals surface area contributed by atoms with Gasteiger partial charge in [0.05, 0.1) is 17.8 Å². The molecule has 0 aliphatic rings. The Hall–Kier alpha value is -3.80. The number of hydrogen-bond acceptors (Lipinski definition) is 4. The number of aromatic carboxylic acids is 1. The van der Waals surface area contributed by atoms with Crippen LogP contribution in [0.5, 0.6) is 0 Å². The molecular weight excluding hydrogens is 424 g/mol. The molecule has 4 rings (SSSR count). The fraction of sp³-hybridized carbons (Fsp3) is 0.286. The van der Waals surface area contributed by atoms with E-state index in [0.717, 1.165) is 48.5 Å². The van der Waals surface area contributed by atoms with Gasteiger partial charge in [0, 0.05) is 24.6 Å². The van der Waals surface area contributed by atoms with Gasteiger partial charge in [0.25, 0.3) is 0 Å². The van der Waals surface area contributed by atoms with Crippen LogP contribution in [0.3, 0.4) is 0 Å². The van der Waals surface area contributed by atoms with Crippen molar-refractivity contribution < 1.29 is 9.90 Å². The molecule has 0 fully saturated rings. The first kappa shape index (κ1) is 23.4. The highest BCUT2D eigenvalue weighted by Gasteiger charge is 2.14. The van der Waals surface area contributed by atoms with Gasteiger partial charge in [0.15, 0.2) is 5.82 Å². The van der Waals surface area contributed by atoms with Crippen LogP contribution in [0, 0.1) is 0 Å². The molecule has 34 heavy (non-hydrogen) atoms. The van der Waals surface area contributed by atoms with Gasteiger partial charge >= 0.3 is 5.97 Å². The van der Waals surface area contributed by atoms with Gasteiger partial charge < -0.3 is 5.11 Å². The highest BCUT2D eigenvalue weighted by Crippen LogP contribution is 2.22. The Kier molecular flexibility index (Phi) is 7.81. The second-order valence-corrected chi connectivity index (χ2v) is 8.45. The first-order chi connectivity index (χ1) is 16.6. The lowest BCUT2D eigenvalue weighted by atomic mass is 10.0. The summed E-state index contributed by atoms with van der Waals surface area (Å²) in [7, 11) is 0. The number of carboxylic acids is 1. The molecule has 174 valence electrons. The smallest absolute Gasteiger partial charge is 0.337 e. The maximum Gasteiger partial charge on any atom is 0.337 e. The summed E-state index contributed by atoms with van der Waals surface area (Å²) in [6, 6.07) is 21.5. The summed E-state index contributed by atoms with van der Waals surface area (Å²) < 4.78 is 2.02.